The number of nitrogens with zero attached hydrogens (tertiary/aromatic N) is 1. The van der Waals surface area contributed by atoms with Crippen molar-refractivity contribution in [3.63, 3.8) is 0 Å². The predicted molar refractivity (Wildman–Crippen MR) is 65.2 cm³/mol. The molecule has 0 amide bonds. The second kappa shape index (κ2) is 6.49. The van der Waals surface area contributed by atoms with Crippen LogP contribution in [0.3, 0.4) is 0 Å². The standard InChI is InChI=1S/C14H15NO2/c1-3-17-14(16)13(10-15)9-11(2)12-7-5-4-6-8-12/h4-9,11H,3H2,1-2H3/b13-9+. The summed E-state index contributed by atoms with van der Waals surface area (Å²) >= 11 is 0. The molecule has 0 saturated carbocycles. The molecule has 17 heavy (non-hydrogen) atoms. The summed E-state index contributed by atoms with van der Waals surface area (Å²) in [4.78, 5) is 11.4. The SMILES string of the molecule is CCOC(=O)/C(C#N)=C/C(C)c1ccccc1. The topological polar surface area (TPSA) is 50.1 Å². The molecular weight excluding hydrogens is 214 g/mol. The van der Waals surface area contributed by atoms with E-state index in [1.54, 1.807) is 13.0 Å². The third kappa shape index (κ3) is 3.76. The van der Waals surface area contributed by atoms with Gasteiger partial charge in [-0.2, -0.15) is 5.26 Å². The summed E-state index contributed by atoms with van der Waals surface area (Å²) < 4.78 is 4.80. The van der Waals surface area contributed by atoms with Crippen molar-refractivity contribution >= 4 is 5.97 Å². The number of benzene rings is 1. The Labute approximate surface area is 101 Å². The van der Waals surface area contributed by atoms with Gasteiger partial charge in [-0.15, -0.1) is 0 Å². The van der Waals surface area contributed by atoms with E-state index in [4.69, 9.17) is 10.00 Å². The number of carbonyl (C=O) groups excluding carboxylic acids is 1. The Kier molecular flexibility index (Phi) is 4.96. The van der Waals surface area contributed by atoms with Crippen LogP contribution >= 0.6 is 0 Å². The van der Waals surface area contributed by atoms with Crippen molar-refractivity contribution in [3.8, 4) is 6.07 Å². The number of hydrogen-bond donors (Lipinski definition) is 0. The summed E-state index contributed by atoms with van der Waals surface area (Å²) in [6.45, 7) is 3.93. The van der Waals surface area contributed by atoms with E-state index in [0.717, 1.165) is 5.56 Å². The summed E-state index contributed by atoms with van der Waals surface area (Å²) in [5.74, 6) is -0.548. The van der Waals surface area contributed by atoms with Crippen LogP contribution in [0.2, 0.25) is 0 Å². The van der Waals surface area contributed by atoms with Gasteiger partial charge >= 0.3 is 5.97 Å². The Bertz CT molecular complexity index is 443. The highest BCUT2D eigenvalue weighted by atomic mass is 16.5. The zero-order valence-electron chi connectivity index (χ0n) is 10.0. The van der Waals surface area contributed by atoms with Gasteiger partial charge < -0.3 is 4.74 Å². The van der Waals surface area contributed by atoms with Crippen LogP contribution in [0.5, 0.6) is 0 Å². The minimum atomic E-state index is -0.558. The molecule has 0 saturated heterocycles. The molecule has 0 N–H and O–H groups in total. The molecule has 0 bridgehead atoms. The smallest absolute Gasteiger partial charge is 0.348 e. The first-order valence-electron chi connectivity index (χ1n) is 5.53. The summed E-state index contributed by atoms with van der Waals surface area (Å²) in [5, 5.41) is 8.90. The lowest BCUT2D eigenvalue weighted by molar-refractivity contribution is -0.138. The zero-order valence-corrected chi connectivity index (χ0v) is 10.0. The molecule has 0 spiro atoms. The van der Waals surface area contributed by atoms with Gasteiger partial charge in [-0.25, -0.2) is 4.79 Å². The molecule has 0 fully saturated rings. The normalized spacial score (nSPS) is 12.6. The van der Waals surface area contributed by atoms with Crippen molar-refractivity contribution in [1.29, 1.82) is 5.26 Å². The lowest BCUT2D eigenvalue weighted by Gasteiger charge is -2.07. The van der Waals surface area contributed by atoms with E-state index in [1.165, 1.54) is 0 Å². The Morgan fingerprint density at radius 2 is 2.12 bits per heavy atom. The van der Waals surface area contributed by atoms with Crippen LogP contribution in [0, 0.1) is 11.3 Å². The van der Waals surface area contributed by atoms with Crippen LogP contribution in [0.25, 0.3) is 0 Å². The first-order chi connectivity index (χ1) is 8.19. The molecule has 0 radical (unpaired) electrons. The summed E-state index contributed by atoms with van der Waals surface area (Å²) in [6.07, 6.45) is 1.63. The van der Waals surface area contributed by atoms with E-state index in [9.17, 15) is 4.79 Å². The molecule has 0 aliphatic heterocycles. The predicted octanol–water partition coefficient (Wildman–Crippen LogP) is 2.80. The first kappa shape index (κ1) is 13.0. The number of rotatable bonds is 4. The maximum atomic E-state index is 11.4. The molecule has 3 heteroatoms. The van der Waals surface area contributed by atoms with E-state index < -0.39 is 5.97 Å². The minimum Gasteiger partial charge on any atom is -0.462 e. The number of hydrogen-bond acceptors (Lipinski definition) is 3. The molecular formula is C14H15NO2. The van der Waals surface area contributed by atoms with E-state index in [1.807, 2.05) is 43.3 Å². The van der Waals surface area contributed by atoms with E-state index in [-0.39, 0.29) is 18.1 Å². The number of allylic oxidation sites excluding steroid dienone is 1. The third-order valence-corrected chi connectivity index (χ3v) is 2.36. The second-order valence-electron chi connectivity index (χ2n) is 3.61. The van der Waals surface area contributed by atoms with Crippen LogP contribution in [0.1, 0.15) is 25.3 Å². The van der Waals surface area contributed by atoms with Crippen molar-refractivity contribution in [1.82, 2.24) is 0 Å². The Balaban J connectivity index is 2.86. The monoisotopic (exact) mass is 229 g/mol. The van der Waals surface area contributed by atoms with Gasteiger partial charge in [0.1, 0.15) is 11.6 Å². The lowest BCUT2D eigenvalue weighted by atomic mass is 9.99. The van der Waals surface area contributed by atoms with Crippen LogP contribution < -0.4 is 0 Å². The highest BCUT2D eigenvalue weighted by molar-refractivity contribution is 5.92. The Hall–Kier alpha value is -2.08. The van der Waals surface area contributed by atoms with Gasteiger partial charge in [-0.05, 0) is 12.5 Å². The molecule has 1 unspecified atom stereocenters. The average Bonchev–Trinajstić information content (AvgIpc) is 2.37. The lowest BCUT2D eigenvalue weighted by Crippen LogP contribution is -2.07. The van der Waals surface area contributed by atoms with Crippen LogP contribution in [-0.4, -0.2) is 12.6 Å². The van der Waals surface area contributed by atoms with E-state index >= 15 is 0 Å². The number of nitriles is 1. The molecule has 0 heterocycles. The number of esters is 1. The molecule has 1 rings (SSSR count). The van der Waals surface area contributed by atoms with E-state index in [0.29, 0.717) is 0 Å². The maximum absolute atomic E-state index is 11.4. The first-order valence-corrected chi connectivity index (χ1v) is 5.53. The van der Waals surface area contributed by atoms with Crippen LogP contribution in [0.4, 0.5) is 0 Å². The summed E-state index contributed by atoms with van der Waals surface area (Å²) in [7, 11) is 0. The van der Waals surface area contributed by atoms with Gasteiger partial charge in [0.25, 0.3) is 0 Å². The van der Waals surface area contributed by atoms with Crippen molar-refractivity contribution in [2.45, 2.75) is 19.8 Å². The molecule has 0 aliphatic rings. The van der Waals surface area contributed by atoms with E-state index in [2.05, 4.69) is 0 Å². The fourth-order valence-electron chi connectivity index (χ4n) is 1.46. The Morgan fingerprint density at radius 1 is 1.47 bits per heavy atom. The molecule has 3 nitrogen and oxygen atoms in total. The van der Waals surface area contributed by atoms with Gasteiger partial charge in [-0.1, -0.05) is 43.3 Å². The molecule has 1 atom stereocenters. The van der Waals surface area contributed by atoms with Crippen molar-refractivity contribution in [3.05, 3.63) is 47.5 Å². The summed E-state index contributed by atoms with van der Waals surface area (Å²) in [5.41, 5.74) is 1.12. The molecule has 88 valence electrons. The van der Waals surface area contributed by atoms with Crippen LogP contribution in [0.15, 0.2) is 42.0 Å². The largest absolute Gasteiger partial charge is 0.462 e. The van der Waals surface area contributed by atoms with Crippen molar-refractivity contribution in [2.75, 3.05) is 6.61 Å². The molecule has 1 aromatic carbocycles. The fraction of sp³-hybridized carbons (Fsp3) is 0.286. The number of ether oxygens (including phenoxy) is 1. The quantitative estimate of drug-likeness (QED) is 0.453. The van der Waals surface area contributed by atoms with Crippen LogP contribution in [-0.2, 0) is 9.53 Å². The van der Waals surface area contributed by atoms with Gasteiger partial charge in [0.2, 0.25) is 0 Å². The molecule has 1 aromatic rings. The Morgan fingerprint density at radius 3 is 2.65 bits per heavy atom. The highest BCUT2D eigenvalue weighted by Crippen LogP contribution is 2.18. The average molecular weight is 229 g/mol. The van der Waals surface area contributed by atoms with Gasteiger partial charge in [-0.3, -0.25) is 0 Å². The van der Waals surface area contributed by atoms with Gasteiger partial charge in [0.15, 0.2) is 0 Å². The number of carbonyl (C=O) groups is 1. The van der Waals surface area contributed by atoms with Gasteiger partial charge in [0, 0.05) is 5.92 Å². The molecule has 0 aromatic heterocycles. The highest BCUT2D eigenvalue weighted by Gasteiger charge is 2.12. The maximum Gasteiger partial charge on any atom is 0.348 e. The summed E-state index contributed by atoms with van der Waals surface area (Å²) in [6, 6.07) is 11.6. The minimum absolute atomic E-state index is 0.00950. The zero-order chi connectivity index (χ0) is 12.7. The van der Waals surface area contributed by atoms with Gasteiger partial charge in [0.05, 0.1) is 6.61 Å². The van der Waals surface area contributed by atoms with Crippen molar-refractivity contribution < 1.29 is 9.53 Å². The van der Waals surface area contributed by atoms with Crippen molar-refractivity contribution in [2.24, 2.45) is 0 Å². The molecule has 0 aliphatic carbocycles. The second-order valence-corrected chi connectivity index (χ2v) is 3.61. The fourth-order valence-corrected chi connectivity index (χ4v) is 1.46. The third-order valence-electron chi connectivity index (χ3n) is 2.36.